The van der Waals surface area contributed by atoms with Gasteiger partial charge in [0.15, 0.2) is 5.78 Å². The van der Waals surface area contributed by atoms with Crippen LogP contribution in [0.15, 0.2) is 84.9 Å². The quantitative estimate of drug-likeness (QED) is 0.553. The summed E-state index contributed by atoms with van der Waals surface area (Å²) in [5.74, 6) is -2.04. The average Bonchev–Trinajstić information content (AvgIpc) is 3.15. The van der Waals surface area contributed by atoms with E-state index in [9.17, 15) is 19.7 Å². The highest BCUT2D eigenvalue weighted by Crippen LogP contribution is 2.54. The number of benzene rings is 3. The van der Waals surface area contributed by atoms with Gasteiger partial charge in [0.05, 0.1) is 12.0 Å². The summed E-state index contributed by atoms with van der Waals surface area (Å²) < 4.78 is 13.7. The summed E-state index contributed by atoms with van der Waals surface area (Å²) in [6, 6.07) is 26.2. The van der Waals surface area contributed by atoms with E-state index in [4.69, 9.17) is 0 Å². The van der Waals surface area contributed by atoms with Crippen LogP contribution < -0.4 is 4.90 Å². The van der Waals surface area contributed by atoms with Gasteiger partial charge < -0.3 is 4.90 Å². The number of hydrogen-bond donors (Lipinski definition) is 0. The summed E-state index contributed by atoms with van der Waals surface area (Å²) in [7, 11) is 0. The van der Waals surface area contributed by atoms with Gasteiger partial charge in [0.25, 0.3) is 0 Å². The van der Waals surface area contributed by atoms with Crippen LogP contribution >= 0.6 is 0 Å². The van der Waals surface area contributed by atoms with E-state index in [0.29, 0.717) is 11.1 Å². The molecule has 154 valence electrons. The average molecular weight is 419 g/mol. The van der Waals surface area contributed by atoms with Crippen LogP contribution in [-0.2, 0) is 0 Å². The van der Waals surface area contributed by atoms with Crippen molar-refractivity contribution in [2.45, 2.75) is 17.5 Å². The Morgan fingerprint density at radius 1 is 0.906 bits per heavy atom. The molecular formula is C27H18FN3O. The van der Waals surface area contributed by atoms with E-state index in [1.807, 2.05) is 42.5 Å². The van der Waals surface area contributed by atoms with Crippen molar-refractivity contribution in [1.82, 2.24) is 0 Å². The molecule has 0 radical (unpaired) electrons. The van der Waals surface area contributed by atoms with Crippen LogP contribution in [0.4, 0.5) is 10.1 Å². The van der Waals surface area contributed by atoms with Crippen molar-refractivity contribution in [3.8, 4) is 12.1 Å². The van der Waals surface area contributed by atoms with Crippen molar-refractivity contribution in [2.75, 3.05) is 4.90 Å². The molecule has 5 rings (SSSR count). The van der Waals surface area contributed by atoms with Gasteiger partial charge in [-0.2, -0.15) is 10.5 Å². The van der Waals surface area contributed by atoms with E-state index < -0.39 is 29.2 Å². The molecule has 2 aliphatic rings. The Hall–Kier alpha value is -4.22. The Morgan fingerprint density at radius 3 is 2.25 bits per heavy atom. The minimum absolute atomic E-state index is 0.147. The van der Waals surface area contributed by atoms with E-state index in [1.54, 1.807) is 41.3 Å². The Balaban J connectivity index is 1.78. The number of carbonyl (C=O) groups is 1. The molecule has 3 aromatic carbocycles. The predicted octanol–water partition coefficient (Wildman–Crippen LogP) is 5.11. The molecule has 3 aromatic rings. The molecule has 0 spiro atoms. The van der Waals surface area contributed by atoms with E-state index in [2.05, 4.69) is 12.1 Å². The lowest BCUT2D eigenvalue weighted by molar-refractivity contribution is 0.0906. The van der Waals surface area contributed by atoms with Gasteiger partial charge in [-0.1, -0.05) is 72.8 Å². The van der Waals surface area contributed by atoms with E-state index in [0.717, 1.165) is 11.3 Å². The van der Waals surface area contributed by atoms with Crippen molar-refractivity contribution in [1.29, 1.82) is 10.5 Å². The Kier molecular flexibility index (Phi) is 4.61. The smallest absolute Gasteiger partial charge is 0.223 e. The molecule has 1 fully saturated rings. The first-order valence-corrected chi connectivity index (χ1v) is 10.3. The maximum Gasteiger partial charge on any atom is 0.223 e. The summed E-state index contributed by atoms with van der Waals surface area (Å²) in [5, 5.41) is 20.8. The number of ketones is 1. The van der Waals surface area contributed by atoms with Gasteiger partial charge in [-0.05, 0) is 29.3 Å². The molecule has 2 aliphatic heterocycles. The fourth-order valence-corrected chi connectivity index (χ4v) is 5.10. The van der Waals surface area contributed by atoms with Crippen LogP contribution in [0.5, 0.6) is 0 Å². The van der Waals surface area contributed by atoms with Gasteiger partial charge >= 0.3 is 0 Å². The molecule has 0 saturated carbocycles. The molecule has 0 amide bonds. The third-order valence-electron chi connectivity index (χ3n) is 6.46. The lowest BCUT2D eigenvalue weighted by Crippen LogP contribution is -2.48. The normalized spacial score (nSPS) is 22.3. The van der Waals surface area contributed by atoms with Gasteiger partial charge in [-0.15, -0.1) is 0 Å². The Morgan fingerprint density at radius 2 is 1.56 bits per heavy atom. The number of nitriles is 2. The number of nitrogens with zero attached hydrogens (tertiary/aromatic N) is 3. The predicted molar refractivity (Wildman–Crippen MR) is 119 cm³/mol. The number of Topliss-reactive ketones (excluding diaryl/α,β-unsaturated/α-hetero) is 1. The fraction of sp³-hybridized carbons (Fsp3) is 0.148. The molecule has 0 aliphatic carbocycles. The van der Waals surface area contributed by atoms with Crippen molar-refractivity contribution in [2.24, 2.45) is 5.92 Å². The second-order valence-electron chi connectivity index (χ2n) is 8.05. The maximum atomic E-state index is 13.8. The lowest BCUT2D eigenvalue weighted by atomic mass is 9.72. The van der Waals surface area contributed by atoms with Gasteiger partial charge in [0.2, 0.25) is 5.54 Å². The zero-order valence-electron chi connectivity index (χ0n) is 17.0. The van der Waals surface area contributed by atoms with E-state index >= 15 is 0 Å². The Labute approximate surface area is 185 Å². The van der Waals surface area contributed by atoms with Crippen LogP contribution in [-0.4, -0.2) is 17.4 Å². The van der Waals surface area contributed by atoms with Gasteiger partial charge in [-0.3, -0.25) is 4.79 Å². The van der Waals surface area contributed by atoms with Crippen molar-refractivity contribution < 1.29 is 9.18 Å². The third kappa shape index (κ3) is 2.76. The Bertz CT molecular complexity index is 1290. The molecular weight excluding hydrogens is 401 g/mol. The molecule has 3 atom stereocenters. The molecule has 1 saturated heterocycles. The number of halogens is 1. The second-order valence-corrected chi connectivity index (χ2v) is 8.05. The number of fused-ring (bicyclic) bond motifs is 3. The van der Waals surface area contributed by atoms with Crippen LogP contribution in [0.1, 0.15) is 27.4 Å². The highest BCUT2D eigenvalue weighted by atomic mass is 19.1. The summed E-state index contributed by atoms with van der Waals surface area (Å²) in [4.78, 5) is 15.6. The number of carbonyl (C=O) groups excluding carboxylic acids is 1. The van der Waals surface area contributed by atoms with Crippen molar-refractivity contribution in [3.05, 3.63) is 107 Å². The van der Waals surface area contributed by atoms with Gasteiger partial charge in [0, 0.05) is 17.2 Å². The standard InChI is InChI=1S/C27H18FN3O/c28-21-13-10-19(11-14-21)25-24(26(32)20-7-2-1-3-8-20)23-15-12-18-6-4-5-9-22(18)31(23)27(25,16-29)17-30/h1-15,23-25H/t23-,24+,25-/m0/s1. The first kappa shape index (κ1) is 19.7. The highest BCUT2D eigenvalue weighted by molar-refractivity contribution is 6.01. The molecule has 4 nitrogen and oxygen atoms in total. The van der Waals surface area contributed by atoms with Crippen molar-refractivity contribution >= 4 is 17.5 Å². The molecule has 2 heterocycles. The zero-order valence-corrected chi connectivity index (χ0v) is 17.0. The largest absolute Gasteiger partial charge is 0.333 e. The maximum absolute atomic E-state index is 13.8. The van der Waals surface area contributed by atoms with Crippen LogP contribution in [0.25, 0.3) is 6.08 Å². The first-order chi connectivity index (χ1) is 15.6. The molecule has 5 heteroatoms. The lowest BCUT2D eigenvalue weighted by Gasteiger charge is -2.37. The summed E-state index contributed by atoms with van der Waals surface area (Å²) in [6.07, 6.45) is 3.84. The van der Waals surface area contributed by atoms with Crippen LogP contribution in [0, 0.1) is 34.4 Å². The molecule has 0 aromatic heterocycles. The van der Waals surface area contributed by atoms with Gasteiger partial charge in [0.1, 0.15) is 18.0 Å². The first-order valence-electron chi connectivity index (χ1n) is 10.3. The van der Waals surface area contributed by atoms with E-state index in [1.165, 1.54) is 12.1 Å². The fourth-order valence-electron chi connectivity index (χ4n) is 5.10. The second kappa shape index (κ2) is 7.48. The summed E-state index contributed by atoms with van der Waals surface area (Å²) in [6.45, 7) is 0. The minimum Gasteiger partial charge on any atom is -0.333 e. The molecule has 0 N–H and O–H groups in total. The SMILES string of the molecule is N#CC1(C#N)[C@@H](c2ccc(F)cc2)[C@H](C(=O)c2ccccc2)[C@@H]2C=Cc3ccccc3N21. The summed E-state index contributed by atoms with van der Waals surface area (Å²) in [5.41, 5.74) is 1.08. The van der Waals surface area contributed by atoms with E-state index in [-0.39, 0.29) is 5.78 Å². The molecule has 0 bridgehead atoms. The number of hydrogen-bond acceptors (Lipinski definition) is 4. The minimum atomic E-state index is -1.64. The molecule has 32 heavy (non-hydrogen) atoms. The molecule has 0 unspecified atom stereocenters. The number of para-hydroxylation sites is 1. The van der Waals surface area contributed by atoms with Crippen LogP contribution in [0.3, 0.4) is 0 Å². The van der Waals surface area contributed by atoms with Crippen LogP contribution in [0.2, 0.25) is 0 Å². The summed E-state index contributed by atoms with van der Waals surface area (Å²) >= 11 is 0. The highest BCUT2D eigenvalue weighted by Gasteiger charge is 2.63. The third-order valence-corrected chi connectivity index (χ3v) is 6.46. The zero-order chi connectivity index (χ0) is 22.3. The van der Waals surface area contributed by atoms with Gasteiger partial charge in [-0.25, -0.2) is 4.39 Å². The topological polar surface area (TPSA) is 67.9 Å². The number of rotatable bonds is 3. The monoisotopic (exact) mass is 419 g/mol. The van der Waals surface area contributed by atoms with Crippen molar-refractivity contribution in [3.63, 3.8) is 0 Å². The number of anilines is 1.